The number of nitrogens with one attached hydrogen (secondary N) is 2. The summed E-state index contributed by atoms with van der Waals surface area (Å²) in [7, 11) is -3.62. The van der Waals surface area contributed by atoms with Crippen LogP contribution in [-0.4, -0.2) is 31.7 Å². The molecular weight excluding hydrogens is 427 g/mol. The minimum absolute atomic E-state index is 0.0755. The van der Waals surface area contributed by atoms with Crippen molar-refractivity contribution >= 4 is 45.0 Å². The molecule has 150 valence electrons. The first kappa shape index (κ1) is 22.2. The molecular formula is C18H18ClFN2O4S2. The average Bonchev–Trinajstić information content (AvgIpc) is 2.67. The predicted molar refractivity (Wildman–Crippen MR) is 106 cm³/mol. The lowest BCUT2D eigenvalue weighted by molar-refractivity contribution is -0.128. The van der Waals surface area contributed by atoms with Gasteiger partial charge in [0.15, 0.2) is 9.84 Å². The van der Waals surface area contributed by atoms with E-state index >= 15 is 0 Å². The molecule has 6 nitrogen and oxygen atoms in total. The van der Waals surface area contributed by atoms with Crippen LogP contribution < -0.4 is 10.9 Å². The molecule has 2 aromatic rings. The summed E-state index contributed by atoms with van der Waals surface area (Å²) in [6.07, 6.45) is -0.166. The van der Waals surface area contributed by atoms with Gasteiger partial charge >= 0.3 is 0 Å². The molecule has 0 aliphatic carbocycles. The molecule has 2 N–H and O–H groups in total. The number of thioether (sulfide) groups is 1. The van der Waals surface area contributed by atoms with E-state index in [0.29, 0.717) is 10.8 Å². The third-order valence-corrected chi connectivity index (χ3v) is 6.52. The second kappa shape index (κ2) is 10.4. The van der Waals surface area contributed by atoms with Gasteiger partial charge in [-0.3, -0.25) is 20.4 Å². The van der Waals surface area contributed by atoms with Gasteiger partial charge in [-0.05, 0) is 48.5 Å². The minimum Gasteiger partial charge on any atom is -0.273 e. The van der Waals surface area contributed by atoms with Gasteiger partial charge in [0.05, 0.1) is 10.6 Å². The van der Waals surface area contributed by atoms with Gasteiger partial charge in [0.25, 0.3) is 0 Å². The molecule has 0 bridgehead atoms. The van der Waals surface area contributed by atoms with Gasteiger partial charge in [0.1, 0.15) is 5.82 Å². The Morgan fingerprint density at radius 2 is 1.50 bits per heavy atom. The van der Waals surface area contributed by atoms with Gasteiger partial charge in [-0.1, -0.05) is 11.6 Å². The molecule has 0 radical (unpaired) electrons. The van der Waals surface area contributed by atoms with E-state index in [0.717, 1.165) is 4.90 Å². The van der Waals surface area contributed by atoms with Crippen LogP contribution in [0.5, 0.6) is 0 Å². The number of amides is 2. The zero-order valence-electron chi connectivity index (χ0n) is 14.7. The van der Waals surface area contributed by atoms with Crippen LogP contribution in [0.4, 0.5) is 4.39 Å². The van der Waals surface area contributed by atoms with Crippen LogP contribution in [0.25, 0.3) is 0 Å². The van der Waals surface area contributed by atoms with E-state index in [1.807, 2.05) is 0 Å². The molecule has 0 aromatic heterocycles. The van der Waals surface area contributed by atoms with Crippen molar-refractivity contribution in [3.05, 3.63) is 59.4 Å². The number of halogens is 2. The summed E-state index contributed by atoms with van der Waals surface area (Å²) in [5.74, 6) is -1.31. The Hall–Kier alpha value is -2.10. The van der Waals surface area contributed by atoms with Crippen molar-refractivity contribution in [2.24, 2.45) is 0 Å². The maximum Gasteiger partial charge on any atom is 0.239 e. The number of benzene rings is 2. The summed E-state index contributed by atoms with van der Waals surface area (Å²) in [5, 5.41) is 0.414. The summed E-state index contributed by atoms with van der Waals surface area (Å²) in [4.78, 5) is 24.4. The Kier molecular flexibility index (Phi) is 8.28. The Morgan fingerprint density at radius 1 is 0.929 bits per heavy atom. The fraction of sp³-hybridized carbons (Fsp3) is 0.222. The number of carbonyl (C=O) groups is 2. The Bertz CT molecular complexity index is 920. The highest BCUT2D eigenvalue weighted by Gasteiger charge is 2.16. The molecule has 2 rings (SSSR count). The molecule has 28 heavy (non-hydrogen) atoms. The summed E-state index contributed by atoms with van der Waals surface area (Å²) in [6.45, 7) is 0. The van der Waals surface area contributed by atoms with Gasteiger partial charge in [0.2, 0.25) is 11.8 Å². The quantitative estimate of drug-likeness (QED) is 0.482. The Labute approximate surface area is 171 Å². The molecule has 0 spiro atoms. The van der Waals surface area contributed by atoms with Crippen LogP contribution >= 0.6 is 23.4 Å². The molecule has 0 atom stereocenters. The first-order valence-corrected chi connectivity index (χ1v) is 11.2. The molecule has 0 saturated heterocycles. The molecule has 0 aliphatic heterocycles. The van der Waals surface area contributed by atoms with Gasteiger partial charge < -0.3 is 0 Å². The molecule has 0 saturated carbocycles. The maximum absolute atomic E-state index is 12.8. The van der Waals surface area contributed by atoms with E-state index < -0.39 is 27.4 Å². The average molecular weight is 445 g/mol. The van der Waals surface area contributed by atoms with E-state index in [2.05, 4.69) is 10.9 Å². The van der Waals surface area contributed by atoms with Crippen LogP contribution in [0, 0.1) is 5.82 Å². The van der Waals surface area contributed by atoms with Gasteiger partial charge in [0, 0.05) is 28.5 Å². The number of sulfone groups is 1. The molecule has 2 aromatic carbocycles. The standard InChI is InChI=1S/C18H18ClFN2O4S2/c19-13-1-7-16(8-2-13)28(25,26)12-10-18(24)22-21-17(23)9-11-27-15-5-3-14(20)4-6-15/h1-8H,9-12H2,(H,21,23)(H,22,24). The highest BCUT2D eigenvalue weighted by atomic mass is 35.5. The van der Waals surface area contributed by atoms with Crippen LogP contribution in [0.15, 0.2) is 58.3 Å². The molecule has 2 amide bonds. The fourth-order valence-electron chi connectivity index (χ4n) is 2.04. The zero-order chi connectivity index (χ0) is 20.6. The van der Waals surface area contributed by atoms with Crippen molar-refractivity contribution in [2.75, 3.05) is 11.5 Å². The highest BCUT2D eigenvalue weighted by Crippen LogP contribution is 2.18. The third-order valence-electron chi connectivity index (χ3n) is 3.52. The second-order valence-corrected chi connectivity index (χ2v) is 9.39. The van der Waals surface area contributed by atoms with Crippen molar-refractivity contribution in [2.45, 2.75) is 22.6 Å². The number of hydrazine groups is 1. The van der Waals surface area contributed by atoms with Crippen molar-refractivity contribution in [3.8, 4) is 0 Å². The Balaban J connectivity index is 1.67. The van der Waals surface area contributed by atoms with Crippen LogP contribution in [0.2, 0.25) is 5.02 Å². The van der Waals surface area contributed by atoms with Crippen molar-refractivity contribution in [1.29, 1.82) is 0 Å². The van der Waals surface area contributed by atoms with Gasteiger partial charge in [-0.25, -0.2) is 12.8 Å². The number of hydrogen-bond acceptors (Lipinski definition) is 5. The van der Waals surface area contributed by atoms with Crippen LogP contribution in [0.1, 0.15) is 12.8 Å². The Morgan fingerprint density at radius 3 is 2.11 bits per heavy atom. The fourth-order valence-corrected chi connectivity index (χ4v) is 4.26. The molecule has 0 aliphatic rings. The molecule has 0 heterocycles. The first-order valence-electron chi connectivity index (χ1n) is 8.20. The van der Waals surface area contributed by atoms with Gasteiger partial charge in [-0.15, -0.1) is 11.8 Å². The number of carbonyl (C=O) groups excluding carboxylic acids is 2. The maximum atomic E-state index is 12.8. The normalized spacial score (nSPS) is 11.1. The molecule has 0 unspecified atom stereocenters. The van der Waals surface area contributed by atoms with Crippen molar-refractivity contribution in [1.82, 2.24) is 10.9 Å². The predicted octanol–water partition coefficient (Wildman–Crippen LogP) is 2.97. The van der Waals surface area contributed by atoms with E-state index in [4.69, 9.17) is 11.6 Å². The van der Waals surface area contributed by atoms with Gasteiger partial charge in [-0.2, -0.15) is 0 Å². The van der Waals surface area contributed by atoms with Crippen LogP contribution in [0.3, 0.4) is 0 Å². The summed E-state index contributed by atoms with van der Waals surface area (Å²) in [5.41, 5.74) is 4.43. The summed E-state index contributed by atoms with van der Waals surface area (Å²) < 4.78 is 37.1. The second-order valence-electron chi connectivity index (χ2n) is 5.67. The monoisotopic (exact) mass is 444 g/mol. The van der Waals surface area contributed by atoms with Crippen molar-refractivity contribution in [3.63, 3.8) is 0 Å². The van der Waals surface area contributed by atoms with E-state index in [9.17, 15) is 22.4 Å². The summed E-state index contributed by atoms with van der Waals surface area (Å²) in [6, 6.07) is 11.5. The van der Waals surface area contributed by atoms with Crippen LogP contribution in [-0.2, 0) is 19.4 Å². The topological polar surface area (TPSA) is 92.3 Å². The SMILES string of the molecule is O=C(CCSc1ccc(F)cc1)NNC(=O)CCS(=O)(=O)c1ccc(Cl)cc1. The molecule has 0 fully saturated rings. The third kappa shape index (κ3) is 7.49. The highest BCUT2D eigenvalue weighted by molar-refractivity contribution is 7.99. The zero-order valence-corrected chi connectivity index (χ0v) is 17.0. The summed E-state index contributed by atoms with van der Waals surface area (Å²) >= 11 is 7.10. The number of hydrogen-bond donors (Lipinski definition) is 2. The van der Waals surface area contributed by atoms with E-state index in [1.54, 1.807) is 12.1 Å². The largest absolute Gasteiger partial charge is 0.273 e. The van der Waals surface area contributed by atoms with E-state index in [1.165, 1.54) is 48.2 Å². The lowest BCUT2D eigenvalue weighted by Crippen LogP contribution is -2.42. The number of rotatable bonds is 8. The lowest BCUT2D eigenvalue weighted by Gasteiger charge is -2.08. The van der Waals surface area contributed by atoms with Crippen molar-refractivity contribution < 1.29 is 22.4 Å². The smallest absolute Gasteiger partial charge is 0.239 e. The molecule has 10 heteroatoms. The minimum atomic E-state index is -3.62. The first-order chi connectivity index (χ1) is 13.3. The van der Waals surface area contributed by atoms with E-state index in [-0.39, 0.29) is 23.6 Å². The lowest BCUT2D eigenvalue weighted by atomic mass is 10.4.